The number of rotatable bonds is 10. The van der Waals surface area contributed by atoms with E-state index in [2.05, 4.69) is 0 Å². The van der Waals surface area contributed by atoms with Crippen molar-refractivity contribution in [3.63, 3.8) is 0 Å². The Hall–Kier alpha value is -4.42. The lowest BCUT2D eigenvalue weighted by Crippen LogP contribution is -2.14. The van der Waals surface area contributed by atoms with Gasteiger partial charge in [-0.3, -0.25) is 0 Å². The van der Waals surface area contributed by atoms with Crippen LogP contribution in [0.3, 0.4) is 0 Å². The molecule has 0 saturated heterocycles. The number of hydrogen-bond donors (Lipinski definition) is 1. The van der Waals surface area contributed by atoms with E-state index in [0.717, 1.165) is 22.3 Å². The lowest BCUT2D eigenvalue weighted by atomic mass is 9.99. The number of ether oxygens (including phenoxy) is 3. The molecule has 4 rings (SSSR count). The third-order valence-electron chi connectivity index (χ3n) is 5.43. The average Bonchev–Trinajstić information content (AvgIpc) is 2.94. The number of aliphatic hydroxyl groups is 1. The molecule has 0 saturated carbocycles. The van der Waals surface area contributed by atoms with Gasteiger partial charge in [0, 0.05) is 0 Å². The van der Waals surface area contributed by atoms with E-state index in [1.165, 1.54) is 0 Å². The summed E-state index contributed by atoms with van der Waals surface area (Å²) in [6, 6.07) is 30.9. The molecule has 0 unspecified atom stereocenters. The summed E-state index contributed by atoms with van der Waals surface area (Å²) in [4.78, 5) is 26.0. The van der Waals surface area contributed by atoms with Gasteiger partial charge in [0.05, 0.1) is 17.7 Å². The molecule has 6 heteroatoms. The van der Waals surface area contributed by atoms with Gasteiger partial charge in [-0.15, -0.1) is 0 Å². The number of carbonyl (C=O) groups is 2. The number of hydrogen-bond acceptors (Lipinski definition) is 6. The fraction of sp³-hybridized carbons (Fsp3) is 0.133. The molecule has 0 aliphatic rings. The molecular formula is C30H26O6. The van der Waals surface area contributed by atoms with E-state index in [1.54, 1.807) is 30.3 Å². The standard InChI is InChI=1S/C30H26O6/c31-17-18-34-26-14-11-24(12-15-26)25-13-16-27(29(32)35-20-22-7-3-1-4-8-22)28(19-25)30(33)36-21-23-9-5-2-6-10-23/h1-16,19,31H,17-18,20-21H2. The minimum Gasteiger partial charge on any atom is -0.491 e. The van der Waals surface area contributed by atoms with Crippen LogP contribution in [0.4, 0.5) is 0 Å². The van der Waals surface area contributed by atoms with Gasteiger partial charge in [-0.05, 0) is 46.5 Å². The van der Waals surface area contributed by atoms with Crippen molar-refractivity contribution in [3.8, 4) is 16.9 Å². The Morgan fingerprint density at radius 1 is 0.611 bits per heavy atom. The van der Waals surface area contributed by atoms with E-state index in [9.17, 15) is 9.59 Å². The molecule has 6 nitrogen and oxygen atoms in total. The Bertz CT molecular complexity index is 1280. The highest BCUT2D eigenvalue weighted by Gasteiger charge is 2.21. The van der Waals surface area contributed by atoms with Gasteiger partial charge < -0.3 is 19.3 Å². The Balaban J connectivity index is 1.58. The molecule has 0 fully saturated rings. The minimum atomic E-state index is -0.615. The molecule has 4 aromatic rings. The van der Waals surface area contributed by atoms with Gasteiger partial charge >= 0.3 is 11.9 Å². The normalized spacial score (nSPS) is 10.5. The topological polar surface area (TPSA) is 82.1 Å². The van der Waals surface area contributed by atoms with E-state index in [4.69, 9.17) is 19.3 Å². The first-order valence-electron chi connectivity index (χ1n) is 11.5. The van der Waals surface area contributed by atoms with Crippen LogP contribution in [0.25, 0.3) is 11.1 Å². The Morgan fingerprint density at radius 3 is 1.69 bits per heavy atom. The lowest BCUT2D eigenvalue weighted by molar-refractivity contribution is 0.0425. The molecular weight excluding hydrogens is 456 g/mol. The van der Waals surface area contributed by atoms with Crippen LogP contribution >= 0.6 is 0 Å². The molecule has 0 spiro atoms. The van der Waals surface area contributed by atoms with Crippen molar-refractivity contribution in [3.05, 3.63) is 125 Å². The highest BCUT2D eigenvalue weighted by Crippen LogP contribution is 2.26. The molecule has 0 bridgehead atoms. The highest BCUT2D eigenvalue weighted by atomic mass is 16.5. The molecule has 0 radical (unpaired) electrons. The maximum Gasteiger partial charge on any atom is 0.339 e. The first-order chi connectivity index (χ1) is 17.6. The first-order valence-corrected chi connectivity index (χ1v) is 11.5. The Labute approximate surface area is 209 Å². The average molecular weight is 483 g/mol. The van der Waals surface area contributed by atoms with Crippen molar-refractivity contribution in [1.29, 1.82) is 0 Å². The van der Waals surface area contributed by atoms with Crippen molar-refractivity contribution in [2.24, 2.45) is 0 Å². The largest absolute Gasteiger partial charge is 0.491 e. The maximum absolute atomic E-state index is 13.1. The summed E-state index contributed by atoms with van der Waals surface area (Å²) in [5, 5.41) is 8.93. The van der Waals surface area contributed by atoms with Crippen molar-refractivity contribution >= 4 is 11.9 Å². The summed E-state index contributed by atoms with van der Waals surface area (Å²) in [7, 11) is 0. The smallest absolute Gasteiger partial charge is 0.339 e. The van der Waals surface area contributed by atoms with E-state index in [1.807, 2.05) is 72.8 Å². The third kappa shape index (κ3) is 6.58. The fourth-order valence-corrected chi connectivity index (χ4v) is 3.58. The Kier molecular flexibility index (Phi) is 8.46. The molecule has 0 atom stereocenters. The first kappa shape index (κ1) is 24.7. The molecule has 1 N–H and O–H groups in total. The zero-order valence-electron chi connectivity index (χ0n) is 19.6. The SMILES string of the molecule is O=C(OCc1ccccc1)c1ccc(-c2ccc(OCCO)cc2)cc1C(=O)OCc1ccccc1. The molecule has 0 aliphatic heterocycles. The Morgan fingerprint density at radius 2 is 1.14 bits per heavy atom. The summed E-state index contributed by atoms with van der Waals surface area (Å²) >= 11 is 0. The second-order valence-corrected chi connectivity index (χ2v) is 7.98. The number of benzene rings is 4. The van der Waals surface area contributed by atoms with E-state index in [-0.39, 0.29) is 37.6 Å². The van der Waals surface area contributed by atoms with Crippen LogP contribution in [0, 0.1) is 0 Å². The van der Waals surface area contributed by atoms with Gasteiger partial charge in [0.1, 0.15) is 25.6 Å². The van der Waals surface area contributed by atoms with Crippen molar-refractivity contribution < 1.29 is 28.9 Å². The third-order valence-corrected chi connectivity index (χ3v) is 5.43. The maximum atomic E-state index is 13.1. The minimum absolute atomic E-state index is 0.0714. The number of aliphatic hydroxyl groups excluding tert-OH is 1. The van der Waals surface area contributed by atoms with Crippen LogP contribution in [0.15, 0.2) is 103 Å². The predicted molar refractivity (Wildman–Crippen MR) is 136 cm³/mol. The molecule has 0 amide bonds. The summed E-state index contributed by atoms with van der Waals surface area (Å²) in [6.45, 7) is 0.309. The summed E-state index contributed by atoms with van der Waals surface area (Å²) in [5.41, 5.74) is 3.51. The quantitative estimate of drug-likeness (QED) is 0.303. The second-order valence-electron chi connectivity index (χ2n) is 7.98. The van der Waals surface area contributed by atoms with Crippen LogP contribution in [-0.4, -0.2) is 30.3 Å². The van der Waals surface area contributed by atoms with E-state index in [0.29, 0.717) is 5.75 Å². The van der Waals surface area contributed by atoms with Gasteiger partial charge in [0.15, 0.2) is 0 Å². The summed E-state index contributed by atoms with van der Waals surface area (Å²) in [6.07, 6.45) is 0. The van der Waals surface area contributed by atoms with Gasteiger partial charge in [-0.2, -0.15) is 0 Å². The fourth-order valence-electron chi connectivity index (χ4n) is 3.58. The molecule has 4 aromatic carbocycles. The monoisotopic (exact) mass is 482 g/mol. The molecule has 36 heavy (non-hydrogen) atoms. The highest BCUT2D eigenvalue weighted by molar-refractivity contribution is 6.04. The summed E-state index contributed by atoms with van der Waals surface area (Å²) < 4.78 is 16.4. The van der Waals surface area contributed by atoms with Crippen LogP contribution in [0.1, 0.15) is 31.8 Å². The van der Waals surface area contributed by atoms with Gasteiger partial charge in [0.2, 0.25) is 0 Å². The predicted octanol–water partition coefficient (Wildman–Crippen LogP) is 5.44. The zero-order chi connectivity index (χ0) is 25.2. The number of carbonyl (C=O) groups excluding carboxylic acids is 2. The van der Waals surface area contributed by atoms with Gasteiger partial charge in [-0.1, -0.05) is 78.9 Å². The molecule has 0 aliphatic carbocycles. The van der Waals surface area contributed by atoms with Gasteiger partial charge in [0.25, 0.3) is 0 Å². The molecule has 0 aromatic heterocycles. The van der Waals surface area contributed by atoms with E-state index >= 15 is 0 Å². The second kappa shape index (κ2) is 12.3. The van der Waals surface area contributed by atoms with E-state index < -0.39 is 11.9 Å². The molecule has 182 valence electrons. The van der Waals surface area contributed by atoms with Gasteiger partial charge in [-0.25, -0.2) is 9.59 Å². The lowest BCUT2D eigenvalue weighted by Gasteiger charge is -2.13. The van der Waals surface area contributed by atoms with Crippen LogP contribution < -0.4 is 4.74 Å². The molecule has 0 heterocycles. The van der Waals surface area contributed by atoms with Crippen LogP contribution in [-0.2, 0) is 22.7 Å². The van der Waals surface area contributed by atoms with Crippen molar-refractivity contribution in [2.75, 3.05) is 13.2 Å². The summed E-state index contributed by atoms with van der Waals surface area (Å²) in [5.74, 6) is -0.600. The zero-order valence-corrected chi connectivity index (χ0v) is 19.6. The van der Waals surface area contributed by atoms with Crippen LogP contribution in [0.5, 0.6) is 5.75 Å². The van der Waals surface area contributed by atoms with Crippen molar-refractivity contribution in [1.82, 2.24) is 0 Å². The van der Waals surface area contributed by atoms with Crippen molar-refractivity contribution in [2.45, 2.75) is 13.2 Å². The number of esters is 2. The van der Waals surface area contributed by atoms with Crippen LogP contribution in [0.2, 0.25) is 0 Å².